The number of hydrogen-bond acceptors (Lipinski definition) is 2. The summed E-state index contributed by atoms with van der Waals surface area (Å²) in [5.74, 6) is -1.20. The molecule has 0 aromatic heterocycles. The highest BCUT2D eigenvalue weighted by Gasteiger charge is 2.07. The Kier molecular flexibility index (Phi) is 5.91. The van der Waals surface area contributed by atoms with E-state index in [4.69, 9.17) is 4.74 Å². The van der Waals surface area contributed by atoms with Gasteiger partial charge in [-0.3, -0.25) is 0 Å². The first-order valence-electron chi connectivity index (χ1n) is 5.88. The van der Waals surface area contributed by atoms with Gasteiger partial charge in [-0.25, -0.2) is 4.39 Å². The van der Waals surface area contributed by atoms with Crippen LogP contribution in [0.2, 0.25) is 0 Å². The second kappa shape index (κ2) is 7.22. The predicted octanol–water partition coefficient (Wildman–Crippen LogP) is 2.98. The topological polar surface area (TPSA) is 21.3 Å². The minimum atomic E-state index is -0.914. The van der Waals surface area contributed by atoms with Crippen molar-refractivity contribution in [3.8, 4) is 5.75 Å². The number of rotatable bonds is 7. The molecule has 4 heteroatoms. The second-order valence-electron chi connectivity index (χ2n) is 4.35. The SMILES string of the molecule is CC(C)CNCCCOc1cccc(F)c1F. The summed E-state index contributed by atoms with van der Waals surface area (Å²) in [7, 11) is 0. The minimum absolute atomic E-state index is 0.0196. The molecule has 1 aromatic rings. The Labute approximate surface area is 101 Å². The van der Waals surface area contributed by atoms with Crippen LogP contribution >= 0.6 is 0 Å². The summed E-state index contributed by atoms with van der Waals surface area (Å²) in [6.07, 6.45) is 0.767. The summed E-state index contributed by atoms with van der Waals surface area (Å²) in [5.41, 5.74) is 0. The Bertz CT molecular complexity index is 342. The maximum atomic E-state index is 13.2. The Morgan fingerprint density at radius 2 is 2.06 bits per heavy atom. The molecular weight excluding hydrogens is 224 g/mol. The van der Waals surface area contributed by atoms with Crippen LogP contribution in [0.5, 0.6) is 5.75 Å². The third kappa shape index (κ3) is 5.13. The van der Waals surface area contributed by atoms with Crippen LogP contribution in [0, 0.1) is 17.6 Å². The third-order valence-electron chi connectivity index (χ3n) is 2.22. The second-order valence-corrected chi connectivity index (χ2v) is 4.35. The van der Waals surface area contributed by atoms with Crippen molar-refractivity contribution in [1.82, 2.24) is 5.32 Å². The highest BCUT2D eigenvalue weighted by atomic mass is 19.2. The van der Waals surface area contributed by atoms with E-state index in [0.29, 0.717) is 12.5 Å². The average molecular weight is 243 g/mol. The van der Waals surface area contributed by atoms with Crippen LogP contribution in [0.4, 0.5) is 8.78 Å². The zero-order valence-corrected chi connectivity index (χ0v) is 10.3. The molecule has 1 aromatic carbocycles. The van der Waals surface area contributed by atoms with Crippen LogP contribution < -0.4 is 10.1 Å². The number of benzene rings is 1. The normalized spacial score (nSPS) is 10.9. The molecule has 0 aliphatic carbocycles. The Hall–Kier alpha value is -1.16. The van der Waals surface area contributed by atoms with Gasteiger partial charge in [-0.2, -0.15) is 4.39 Å². The first kappa shape index (κ1) is 13.9. The smallest absolute Gasteiger partial charge is 0.200 e. The van der Waals surface area contributed by atoms with Crippen molar-refractivity contribution in [2.45, 2.75) is 20.3 Å². The largest absolute Gasteiger partial charge is 0.490 e. The van der Waals surface area contributed by atoms with Gasteiger partial charge in [-0.05, 0) is 37.6 Å². The Balaban J connectivity index is 2.20. The van der Waals surface area contributed by atoms with E-state index in [1.54, 1.807) is 0 Å². The molecule has 0 radical (unpaired) electrons. The lowest BCUT2D eigenvalue weighted by Gasteiger charge is -2.09. The zero-order chi connectivity index (χ0) is 12.7. The van der Waals surface area contributed by atoms with Gasteiger partial charge in [0.2, 0.25) is 5.82 Å². The van der Waals surface area contributed by atoms with Crippen LogP contribution in [0.15, 0.2) is 18.2 Å². The number of nitrogens with one attached hydrogen (secondary N) is 1. The fraction of sp³-hybridized carbons (Fsp3) is 0.538. The summed E-state index contributed by atoms with van der Waals surface area (Å²) >= 11 is 0. The van der Waals surface area contributed by atoms with Gasteiger partial charge >= 0.3 is 0 Å². The van der Waals surface area contributed by atoms with Gasteiger partial charge in [0.15, 0.2) is 11.6 Å². The predicted molar refractivity (Wildman–Crippen MR) is 64.2 cm³/mol. The van der Waals surface area contributed by atoms with E-state index in [1.807, 2.05) is 0 Å². The van der Waals surface area contributed by atoms with Gasteiger partial charge in [-0.1, -0.05) is 19.9 Å². The molecule has 0 bridgehead atoms. The Morgan fingerprint density at radius 1 is 1.29 bits per heavy atom. The Morgan fingerprint density at radius 3 is 2.76 bits per heavy atom. The summed E-state index contributed by atoms with van der Waals surface area (Å²) in [6.45, 7) is 6.41. The van der Waals surface area contributed by atoms with Crippen molar-refractivity contribution in [1.29, 1.82) is 0 Å². The molecule has 0 saturated carbocycles. The first-order chi connectivity index (χ1) is 8.11. The maximum absolute atomic E-state index is 13.2. The lowest BCUT2D eigenvalue weighted by atomic mass is 10.2. The summed E-state index contributed by atoms with van der Waals surface area (Å²) in [4.78, 5) is 0. The van der Waals surface area contributed by atoms with Crippen molar-refractivity contribution in [2.24, 2.45) is 5.92 Å². The molecule has 0 aliphatic rings. The highest BCUT2D eigenvalue weighted by Crippen LogP contribution is 2.18. The fourth-order valence-corrected chi connectivity index (χ4v) is 1.37. The molecule has 0 atom stereocenters. The summed E-state index contributed by atoms with van der Waals surface area (Å²) in [5, 5.41) is 3.25. The molecule has 0 heterocycles. The molecule has 0 unspecified atom stereocenters. The molecular formula is C13H19F2NO. The van der Waals surface area contributed by atoms with E-state index < -0.39 is 11.6 Å². The molecule has 0 aliphatic heterocycles. The number of halogens is 2. The van der Waals surface area contributed by atoms with E-state index in [-0.39, 0.29) is 5.75 Å². The molecule has 0 fully saturated rings. The molecule has 0 amide bonds. The van der Waals surface area contributed by atoms with Gasteiger partial charge in [0.05, 0.1) is 6.61 Å². The summed E-state index contributed by atoms with van der Waals surface area (Å²) < 4.78 is 31.2. The van der Waals surface area contributed by atoms with Gasteiger partial charge in [0, 0.05) is 0 Å². The molecule has 96 valence electrons. The lowest BCUT2D eigenvalue weighted by Crippen LogP contribution is -2.22. The van der Waals surface area contributed by atoms with Crippen LogP contribution in [0.25, 0.3) is 0 Å². The van der Waals surface area contributed by atoms with Crippen molar-refractivity contribution in [2.75, 3.05) is 19.7 Å². The molecule has 1 N–H and O–H groups in total. The van der Waals surface area contributed by atoms with Gasteiger partial charge in [0.25, 0.3) is 0 Å². The van der Waals surface area contributed by atoms with Crippen LogP contribution in [-0.2, 0) is 0 Å². The van der Waals surface area contributed by atoms with E-state index in [9.17, 15) is 8.78 Å². The van der Waals surface area contributed by atoms with E-state index in [1.165, 1.54) is 12.1 Å². The maximum Gasteiger partial charge on any atom is 0.200 e. The molecule has 2 nitrogen and oxygen atoms in total. The van der Waals surface area contributed by atoms with Crippen molar-refractivity contribution in [3.63, 3.8) is 0 Å². The average Bonchev–Trinajstić information content (AvgIpc) is 2.28. The van der Waals surface area contributed by atoms with E-state index in [2.05, 4.69) is 19.2 Å². The van der Waals surface area contributed by atoms with E-state index in [0.717, 1.165) is 25.6 Å². The van der Waals surface area contributed by atoms with Gasteiger partial charge < -0.3 is 10.1 Å². The van der Waals surface area contributed by atoms with Crippen molar-refractivity contribution >= 4 is 0 Å². The third-order valence-corrected chi connectivity index (χ3v) is 2.22. The van der Waals surface area contributed by atoms with Gasteiger partial charge in [-0.15, -0.1) is 0 Å². The van der Waals surface area contributed by atoms with Crippen LogP contribution in [0.1, 0.15) is 20.3 Å². The number of ether oxygens (including phenoxy) is 1. The first-order valence-corrected chi connectivity index (χ1v) is 5.88. The van der Waals surface area contributed by atoms with Crippen LogP contribution in [0.3, 0.4) is 0 Å². The van der Waals surface area contributed by atoms with Gasteiger partial charge in [0.1, 0.15) is 0 Å². The van der Waals surface area contributed by atoms with Crippen molar-refractivity contribution < 1.29 is 13.5 Å². The van der Waals surface area contributed by atoms with E-state index >= 15 is 0 Å². The molecule has 0 saturated heterocycles. The summed E-state index contributed by atoms with van der Waals surface area (Å²) in [6, 6.07) is 3.94. The minimum Gasteiger partial charge on any atom is -0.490 e. The van der Waals surface area contributed by atoms with Crippen molar-refractivity contribution in [3.05, 3.63) is 29.8 Å². The zero-order valence-electron chi connectivity index (χ0n) is 10.3. The quantitative estimate of drug-likeness (QED) is 0.743. The van der Waals surface area contributed by atoms with Crippen LogP contribution in [-0.4, -0.2) is 19.7 Å². The highest BCUT2D eigenvalue weighted by molar-refractivity contribution is 5.24. The standard InChI is InChI=1S/C13H19F2NO/c1-10(2)9-16-7-4-8-17-12-6-3-5-11(14)13(12)15/h3,5-6,10,16H,4,7-9H2,1-2H3. The molecule has 17 heavy (non-hydrogen) atoms. The lowest BCUT2D eigenvalue weighted by molar-refractivity contribution is 0.287. The fourth-order valence-electron chi connectivity index (χ4n) is 1.37. The molecule has 0 spiro atoms. The molecule has 1 rings (SSSR count). The number of hydrogen-bond donors (Lipinski definition) is 1. The monoisotopic (exact) mass is 243 g/mol.